The number of hydrogen-bond acceptors (Lipinski definition) is 2. The average Bonchev–Trinajstić information content (AvgIpc) is 2.34. The fraction of sp³-hybridized carbons (Fsp3) is 0. The van der Waals surface area contributed by atoms with E-state index < -0.39 is 0 Å². The highest BCUT2D eigenvalue weighted by Crippen LogP contribution is 2.12. The van der Waals surface area contributed by atoms with Gasteiger partial charge >= 0.3 is 0 Å². The molecule has 92 valence electrons. The van der Waals surface area contributed by atoms with Gasteiger partial charge in [0, 0.05) is 19.8 Å². The zero-order valence-electron chi connectivity index (χ0n) is 9.04. The Morgan fingerprint density at radius 1 is 1.33 bits per heavy atom. The number of carbonyl (C=O) groups excluding carboxylic acids is 1. The summed E-state index contributed by atoms with van der Waals surface area (Å²) in [6.07, 6.45) is 1.52. The number of amides is 1. The van der Waals surface area contributed by atoms with Crippen molar-refractivity contribution in [3.05, 3.63) is 60.5 Å². The number of aromatic nitrogens is 1. The summed E-state index contributed by atoms with van der Waals surface area (Å²) < 4.78 is 1.66. The third-order valence-corrected chi connectivity index (χ3v) is 3.33. The first-order valence-electron chi connectivity index (χ1n) is 5.01. The molecule has 0 atom stereocenters. The first-order chi connectivity index (χ1) is 8.56. The summed E-state index contributed by atoms with van der Waals surface area (Å²) in [4.78, 5) is 26.0. The van der Waals surface area contributed by atoms with Gasteiger partial charge in [0.25, 0.3) is 11.5 Å². The monoisotopic (exact) mass is 418 g/mol. The fourth-order valence-electron chi connectivity index (χ4n) is 1.37. The standard InChI is InChI=1S/C12H8BrIN2O2/c13-8-5-10(12(18)15-6-8)16-11(17)7-2-1-3-9(14)4-7/h1-6H,(H,15,18)(H,16,17). The van der Waals surface area contributed by atoms with Gasteiger partial charge in [-0.1, -0.05) is 6.07 Å². The van der Waals surface area contributed by atoms with Crippen molar-refractivity contribution in [1.82, 2.24) is 4.98 Å². The normalized spacial score (nSPS) is 10.1. The zero-order valence-corrected chi connectivity index (χ0v) is 12.8. The van der Waals surface area contributed by atoms with E-state index in [0.29, 0.717) is 10.0 Å². The molecule has 0 saturated heterocycles. The van der Waals surface area contributed by atoms with E-state index in [4.69, 9.17) is 0 Å². The van der Waals surface area contributed by atoms with E-state index in [0.717, 1.165) is 3.57 Å². The SMILES string of the molecule is O=C(Nc1cc(Br)c[nH]c1=O)c1cccc(I)c1. The molecule has 2 aromatic rings. The lowest BCUT2D eigenvalue weighted by molar-refractivity contribution is 0.102. The van der Waals surface area contributed by atoms with Gasteiger partial charge in [-0.15, -0.1) is 0 Å². The van der Waals surface area contributed by atoms with Gasteiger partial charge in [-0.3, -0.25) is 9.59 Å². The topological polar surface area (TPSA) is 62.0 Å². The third kappa shape index (κ3) is 3.20. The molecule has 0 fully saturated rings. The molecule has 0 bridgehead atoms. The van der Waals surface area contributed by atoms with Crippen LogP contribution in [0.1, 0.15) is 10.4 Å². The van der Waals surface area contributed by atoms with Crippen LogP contribution in [0.3, 0.4) is 0 Å². The van der Waals surface area contributed by atoms with Gasteiger partial charge in [-0.2, -0.15) is 0 Å². The number of nitrogens with one attached hydrogen (secondary N) is 2. The summed E-state index contributed by atoms with van der Waals surface area (Å²) in [6.45, 7) is 0. The van der Waals surface area contributed by atoms with E-state index in [1.54, 1.807) is 24.3 Å². The van der Waals surface area contributed by atoms with Crippen molar-refractivity contribution in [1.29, 1.82) is 0 Å². The number of aromatic amines is 1. The van der Waals surface area contributed by atoms with Crippen LogP contribution in [0.2, 0.25) is 0 Å². The van der Waals surface area contributed by atoms with Gasteiger partial charge in [0.2, 0.25) is 0 Å². The van der Waals surface area contributed by atoms with Gasteiger partial charge in [-0.25, -0.2) is 0 Å². The Labute approximate surface area is 125 Å². The molecular weight excluding hydrogens is 411 g/mol. The van der Waals surface area contributed by atoms with Crippen LogP contribution in [0.25, 0.3) is 0 Å². The second-order valence-electron chi connectivity index (χ2n) is 3.53. The molecule has 1 aromatic heterocycles. The van der Waals surface area contributed by atoms with Crippen molar-refractivity contribution in [2.45, 2.75) is 0 Å². The van der Waals surface area contributed by atoms with Crippen LogP contribution in [-0.4, -0.2) is 10.9 Å². The van der Waals surface area contributed by atoms with Gasteiger partial charge < -0.3 is 10.3 Å². The Kier molecular flexibility index (Phi) is 4.18. The van der Waals surface area contributed by atoms with E-state index in [-0.39, 0.29) is 17.2 Å². The number of halogens is 2. The molecule has 1 amide bonds. The quantitative estimate of drug-likeness (QED) is 0.736. The van der Waals surface area contributed by atoms with Crippen molar-refractivity contribution < 1.29 is 4.79 Å². The maximum Gasteiger partial charge on any atom is 0.271 e. The minimum atomic E-state index is -0.336. The molecule has 0 saturated carbocycles. The Morgan fingerprint density at radius 2 is 2.11 bits per heavy atom. The molecule has 0 aliphatic carbocycles. The van der Waals surface area contributed by atoms with Gasteiger partial charge in [0.15, 0.2) is 0 Å². The highest BCUT2D eigenvalue weighted by Gasteiger charge is 2.09. The third-order valence-electron chi connectivity index (χ3n) is 2.20. The molecule has 6 heteroatoms. The molecule has 2 N–H and O–H groups in total. The molecule has 0 unspecified atom stereocenters. The lowest BCUT2D eigenvalue weighted by atomic mass is 10.2. The summed E-state index contributed by atoms with van der Waals surface area (Å²) in [5.41, 5.74) is 0.395. The Balaban J connectivity index is 2.27. The van der Waals surface area contributed by atoms with Crippen LogP contribution in [-0.2, 0) is 0 Å². The highest BCUT2D eigenvalue weighted by atomic mass is 127. The molecule has 4 nitrogen and oxygen atoms in total. The molecule has 18 heavy (non-hydrogen) atoms. The summed E-state index contributed by atoms with van der Waals surface area (Å²) in [6, 6.07) is 8.70. The summed E-state index contributed by atoms with van der Waals surface area (Å²) in [5.74, 6) is -0.308. The Morgan fingerprint density at radius 3 is 2.83 bits per heavy atom. The minimum Gasteiger partial charge on any atom is -0.326 e. The summed E-state index contributed by atoms with van der Waals surface area (Å²) in [5, 5.41) is 2.58. The van der Waals surface area contributed by atoms with Crippen LogP contribution in [0, 0.1) is 3.57 Å². The van der Waals surface area contributed by atoms with E-state index in [9.17, 15) is 9.59 Å². The van der Waals surface area contributed by atoms with Crippen molar-refractivity contribution in [3.63, 3.8) is 0 Å². The van der Waals surface area contributed by atoms with E-state index in [1.165, 1.54) is 6.20 Å². The van der Waals surface area contributed by atoms with Crippen LogP contribution in [0.15, 0.2) is 45.8 Å². The molecular formula is C12H8BrIN2O2. The molecule has 0 aliphatic heterocycles. The second-order valence-corrected chi connectivity index (χ2v) is 5.69. The number of H-pyrrole nitrogens is 1. The molecule has 1 aromatic carbocycles. The molecule has 2 rings (SSSR count). The smallest absolute Gasteiger partial charge is 0.271 e. The van der Waals surface area contributed by atoms with Crippen LogP contribution in [0.4, 0.5) is 5.69 Å². The predicted molar refractivity (Wildman–Crippen MR) is 81.9 cm³/mol. The first-order valence-corrected chi connectivity index (χ1v) is 6.88. The molecule has 0 spiro atoms. The van der Waals surface area contributed by atoms with Gasteiger partial charge in [0.1, 0.15) is 5.69 Å². The second kappa shape index (κ2) is 5.66. The fourth-order valence-corrected chi connectivity index (χ4v) is 2.26. The zero-order chi connectivity index (χ0) is 13.1. The maximum atomic E-state index is 11.9. The summed E-state index contributed by atoms with van der Waals surface area (Å²) >= 11 is 5.36. The number of benzene rings is 1. The van der Waals surface area contributed by atoms with Crippen LogP contribution < -0.4 is 10.9 Å². The number of carbonyl (C=O) groups is 1. The minimum absolute atomic E-state index is 0.216. The van der Waals surface area contributed by atoms with Gasteiger partial charge in [0.05, 0.1) is 0 Å². The largest absolute Gasteiger partial charge is 0.326 e. The van der Waals surface area contributed by atoms with Crippen LogP contribution in [0.5, 0.6) is 0 Å². The van der Waals surface area contributed by atoms with E-state index in [1.807, 2.05) is 6.07 Å². The highest BCUT2D eigenvalue weighted by molar-refractivity contribution is 14.1. The van der Waals surface area contributed by atoms with Crippen LogP contribution >= 0.6 is 38.5 Å². The molecule has 1 heterocycles. The number of anilines is 1. The maximum absolute atomic E-state index is 11.9. The Bertz CT molecular complexity index is 655. The van der Waals surface area contributed by atoms with Crippen molar-refractivity contribution in [3.8, 4) is 0 Å². The first kappa shape index (κ1) is 13.3. The molecule has 0 aliphatic rings. The number of pyridine rings is 1. The lowest BCUT2D eigenvalue weighted by Crippen LogP contribution is -2.19. The Hall–Kier alpha value is -1.15. The number of hydrogen-bond donors (Lipinski definition) is 2. The molecule has 0 radical (unpaired) electrons. The van der Waals surface area contributed by atoms with E-state index >= 15 is 0 Å². The number of rotatable bonds is 2. The lowest BCUT2D eigenvalue weighted by Gasteiger charge is -2.05. The van der Waals surface area contributed by atoms with Gasteiger partial charge in [-0.05, 0) is 62.8 Å². The van der Waals surface area contributed by atoms with Crippen molar-refractivity contribution >= 4 is 50.1 Å². The van der Waals surface area contributed by atoms with E-state index in [2.05, 4.69) is 48.8 Å². The van der Waals surface area contributed by atoms with Crippen molar-refractivity contribution in [2.24, 2.45) is 0 Å². The predicted octanol–water partition coefficient (Wildman–Crippen LogP) is 2.99. The summed E-state index contributed by atoms with van der Waals surface area (Å²) in [7, 11) is 0. The average molecular weight is 419 g/mol. The van der Waals surface area contributed by atoms with Crippen molar-refractivity contribution in [2.75, 3.05) is 5.32 Å².